The van der Waals surface area contributed by atoms with Crippen LogP contribution < -0.4 is 15.9 Å². The van der Waals surface area contributed by atoms with E-state index in [-0.39, 0.29) is 0 Å². The summed E-state index contributed by atoms with van der Waals surface area (Å²) in [6.45, 7) is 0. The van der Waals surface area contributed by atoms with Gasteiger partial charge in [0, 0.05) is 48.7 Å². The Bertz CT molecular complexity index is 2720. The van der Waals surface area contributed by atoms with Crippen LogP contribution in [-0.2, 0) is 4.57 Å². The maximum atomic E-state index is 15.3. The Hall–Kier alpha value is -5.63. The van der Waals surface area contributed by atoms with Gasteiger partial charge in [0.2, 0.25) is 0 Å². The summed E-state index contributed by atoms with van der Waals surface area (Å²) in [4.78, 5) is 0. The Morgan fingerprint density at radius 3 is 2.07 bits per heavy atom. The van der Waals surface area contributed by atoms with Crippen molar-refractivity contribution in [1.29, 1.82) is 0 Å². The maximum Gasteiger partial charge on any atom is 0.172 e. The lowest BCUT2D eigenvalue weighted by Crippen LogP contribution is -2.20. The van der Waals surface area contributed by atoms with E-state index in [0.717, 1.165) is 82.2 Å². The molecule has 1 aliphatic rings. The molecule has 3 nitrogen and oxygen atoms in total. The van der Waals surface area contributed by atoms with Crippen LogP contribution in [0.1, 0.15) is 0 Å². The summed E-state index contributed by atoms with van der Waals surface area (Å²) in [6.07, 6.45) is 0. The van der Waals surface area contributed by atoms with Crippen LogP contribution in [-0.4, -0.2) is 4.57 Å². The highest BCUT2D eigenvalue weighted by Gasteiger charge is 2.41. The maximum absolute atomic E-state index is 15.3. The van der Waals surface area contributed by atoms with E-state index in [9.17, 15) is 0 Å². The van der Waals surface area contributed by atoms with Crippen molar-refractivity contribution in [3.05, 3.63) is 158 Å². The molecule has 1 aliphatic heterocycles. The van der Waals surface area contributed by atoms with Crippen molar-refractivity contribution >= 4 is 66.8 Å². The normalized spacial score (nSPS) is 15.6. The number of aromatic nitrogens is 1. The lowest BCUT2D eigenvalue weighted by molar-refractivity contribution is 0.593. The Morgan fingerprint density at radius 1 is 0.500 bits per heavy atom. The molecule has 4 heteroatoms. The number of rotatable bonds is 3. The minimum Gasteiger partial charge on any atom is -0.456 e. The van der Waals surface area contributed by atoms with Crippen molar-refractivity contribution in [2.75, 3.05) is 0 Å². The van der Waals surface area contributed by atoms with Crippen LogP contribution in [0.25, 0.3) is 71.7 Å². The van der Waals surface area contributed by atoms with Crippen molar-refractivity contribution in [3.8, 4) is 27.9 Å². The van der Waals surface area contributed by atoms with Gasteiger partial charge in [0.15, 0.2) is 7.14 Å². The van der Waals surface area contributed by atoms with Crippen molar-refractivity contribution in [3.63, 3.8) is 0 Å². The fourth-order valence-corrected chi connectivity index (χ4v) is 10.7. The van der Waals surface area contributed by atoms with Gasteiger partial charge in [-0.25, -0.2) is 0 Å². The number of hydrogen-bond donors (Lipinski definition) is 0. The lowest BCUT2D eigenvalue weighted by Gasteiger charge is -2.16. The van der Waals surface area contributed by atoms with Gasteiger partial charge in [-0.2, -0.15) is 0 Å². The number of benzene rings is 7. The van der Waals surface area contributed by atoms with Gasteiger partial charge in [-0.05, 0) is 53.1 Å². The molecule has 7 aromatic carbocycles. The minimum atomic E-state index is -3.07. The first kappa shape index (κ1) is 25.7. The zero-order chi connectivity index (χ0) is 30.4. The fourth-order valence-electron chi connectivity index (χ4n) is 7.65. The summed E-state index contributed by atoms with van der Waals surface area (Å²) < 4.78 is 23.9. The molecule has 0 radical (unpaired) electrons. The number of hydrogen-bond acceptors (Lipinski definition) is 2. The predicted octanol–water partition coefficient (Wildman–Crippen LogP) is 9.97. The second kappa shape index (κ2) is 9.44. The Balaban J connectivity index is 1.24. The van der Waals surface area contributed by atoms with Crippen LogP contribution in [0, 0.1) is 0 Å². The fraction of sp³-hybridized carbons (Fsp3) is 0. The standard InChI is InChI=1S/C42H26NO2P/c44-46(29-11-2-1-3-12-29)38-20-9-6-15-34(38)41-39(46)26-25-32-31-13-4-7-17-35(31)43(42(32)41)28-23-21-27(22-24-28)30-16-10-19-37-40(30)33-14-5-8-18-36(33)45-37/h1-26H. The third-order valence-electron chi connectivity index (χ3n) is 9.63. The third kappa shape index (κ3) is 3.36. The van der Waals surface area contributed by atoms with E-state index in [0.29, 0.717) is 0 Å². The molecule has 10 rings (SSSR count). The topological polar surface area (TPSA) is 35.1 Å². The molecule has 0 aliphatic carbocycles. The zero-order valence-electron chi connectivity index (χ0n) is 24.7. The van der Waals surface area contributed by atoms with E-state index in [1.165, 1.54) is 5.39 Å². The van der Waals surface area contributed by atoms with Crippen LogP contribution in [0.2, 0.25) is 0 Å². The molecule has 0 spiro atoms. The van der Waals surface area contributed by atoms with Gasteiger partial charge >= 0.3 is 0 Å². The summed E-state index contributed by atoms with van der Waals surface area (Å²) >= 11 is 0. The SMILES string of the molecule is O=P1(c2ccccc2)c2ccccc2-c2c1ccc1c3ccccc3n(-c3ccc(-c4cccc5oc6ccccc6c45)cc3)c21. The summed E-state index contributed by atoms with van der Waals surface area (Å²) in [7, 11) is -3.07. The first-order valence-electron chi connectivity index (χ1n) is 15.6. The van der Waals surface area contributed by atoms with E-state index in [4.69, 9.17) is 4.42 Å². The van der Waals surface area contributed by atoms with Crippen molar-refractivity contribution in [1.82, 2.24) is 4.57 Å². The van der Waals surface area contributed by atoms with Crippen LogP contribution in [0.4, 0.5) is 0 Å². The largest absolute Gasteiger partial charge is 0.456 e. The highest BCUT2D eigenvalue weighted by Crippen LogP contribution is 2.54. The summed E-state index contributed by atoms with van der Waals surface area (Å²) in [5.41, 5.74) is 9.46. The molecular weight excluding hydrogens is 581 g/mol. The van der Waals surface area contributed by atoms with Gasteiger partial charge in [0.05, 0.1) is 11.0 Å². The van der Waals surface area contributed by atoms with Crippen molar-refractivity contribution in [2.45, 2.75) is 0 Å². The second-order valence-corrected chi connectivity index (χ2v) is 14.7. The highest BCUT2D eigenvalue weighted by molar-refractivity contribution is 7.86. The first-order valence-corrected chi connectivity index (χ1v) is 17.3. The minimum absolute atomic E-state index is 0.869. The average Bonchev–Trinajstić information content (AvgIpc) is 3.75. The summed E-state index contributed by atoms with van der Waals surface area (Å²) in [5, 5.41) is 7.28. The molecule has 0 bridgehead atoms. The molecule has 46 heavy (non-hydrogen) atoms. The second-order valence-electron chi connectivity index (χ2n) is 12.0. The zero-order valence-corrected chi connectivity index (χ0v) is 25.6. The predicted molar refractivity (Wildman–Crippen MR) is 192 cm³/mol. The van der Waals surface area contributed by atoms with Gasteiger partial charge < -0.3 is 13.5 Å². The van der Waals surface area contributed by atoms with Gasteiger partial charge in [-0.3, -0.25) is 0 Å². The average molecular weight is 608 g/mol. The van der Waals surface area contributed by atoms with Crippen LogP contribution in [0.3, 0.4) is 0 Å². The van der Waals surface area contributed by atoms with Crippen LogP contribution in [0.15, 0.2) is 162 Å². The van der Waals surface area contributed by atoms with E-state index in [1.54, 1.807) is 0 Å². The van der Waals surface area contributed by atoms with Crippen LogP contribution in [0.5, 0.6) is 0 Å². The van der Waals surface area contributed by atoms with E-state index in [1.807, 2.05) is 54.6 Å². The number of fused-ring (bicyclic) bond motifs is 10. The molecule has 0 fully saturated rings. The van der Waals surface area contributed by atoms with Crippen molar-refractivity contribution < 1.29 is 8.98 Å². The molecule has 216 valence electrons. The smallest absolute Gasteiger partial charge is 0.172 e. The molecule has 1 atom stereocenters. The monoisotopic (exact) mass is 607 g/mol. The molecule has 3 heterocycles. The van der Waals surface area contributed by atoms with Gasteiger partial charge in [-0.15, -0.1) is 0 Å². The third-order valence-corrected chi connectivity index (χ3v) is 12.8. The number of para-hydroxylation sites is 2. The van der Waals surface area contributed by atoms with E-state index in [2.05, 4.69) is 108 Å². The van der Waals surface area contributed by atoms with E-state index >= 15 is 4.57 Å². The molecule has 0 saturated carbocycles. The Kier molecular flexibility index (Phi) is 5.27. The van der Waals surface area contributed by atoms with Crippen LogP contribution >= 0.6 is 7.14 Å². The summed E-state index contributed by atoms with van der Waals surface area (Å²) in [6, 6.07) is 54.4. The van der Waals surface area contributed by atoms with Gasteiger partial charge in [0.1, 0.15) is 11.2 Å². The van der Waals surface area contributed by atoms with Crippen molar-refractivity contribution in [2.24, 2.45) is 0 Å². The highest BCUT2D eigenvalue weighted by atomic mass is 31.2. The molecule has 0 N–H and O–H groups in total. The number of nitrogens with zero attached hydrogens (tertiary/aromatic N) is 1. The molecule has 0 saturated heterocycles. The number of furan rings is 1. The molecular formula is C42H26NO2P. The van der Waals surface area contributed by atoms with E-state index < -0.39 is 7.14 Å². The molecule has 0 amide bonds. The molecule has 9 aromatic rings. The Morgan fingerprint density at radius 2 is 1.20 bits per heavy atom. The Labute approximate surface area is 265 Å². The lowest BCUT2D eigenvalue weighted by atomic mass is 9.99. The molecule has 1 unspecified atom stereocenters. The molecule has 2 aromatic heterocycles. The quantitative estimate of drug-likeness (QED) is 0.187. The van der Waals surface area contributed by atoms with Gasteiger partial charge in [-0.1, -0.05) is 121 Å². The first-order chi connectivity index (χ1) is 22.7. The summed E-state index contributed by atoms with van der Waals surface area (Å²) in [5.74, 6) is 0. The van der Waals surface area contributed by atoms with Gasteiger partial charge in [0.25, 0.3) is 0 Å².